The van der Waals surface area contributed by atoms with Gasteiger partial charge in [-0.25, -0.2) is 4.98 Å². The smallest absolute Gasteiger partial charge is 0.191 e. The summed E-state index contributed by atoms with van der Waals surface area (Å²) < 4.78 is 5.67. The SMILES string of the molecule is Cc1nc(C(C)Oc2ccc(N)cc2)n[nH]1. The molecule has 1 atom stereocenters. The number of aryl methyl sites for hydroxylation is 1. The molecule has 16 heavy (non-hydrogen) atoms. The number of nitrogens with zero attached hydrogens (tertiary/aromatic N) is 2. The average Bonchev–Trinajstić information content (AvgIpc) is 2.68. The van der Waals surface area contributed by atoms with E-state index in [-0.39, 0.29) is 6.10 Å². The minimum Gasteiger partial charge on any atom is -0.483 e. The third-order valence-corrected chi connectivity index (χ3v) is 2.17. The topological polar surface area (TPSA) is 76.8 Å². The first-order valence-electron chi connectivity index (χ1n) is 5.06. The van der Waals surface area contributed by atoms with E-state index in [0.29, 0.717) is 11.5 Å². The van der Waals surface area contributed by atoms with Crippen LogP contribution in [-0.2, 0) is 0 Å². The first kappa shape index (κ1) is 10.5. The van der Waals surface area contributed by atoms with Crippen LogP contribution in [0.15, 0.2) is 24.3 Å². The minimum absolute atomic E-state index is 0.187. The molecule has 84 valence electrons. The lowest BCUT2D eigenvalue weighted by atomic mass is 10.3. The Hall–Kier alpha value is -2.04. The molecular weight excluding hydrogens is 204 g/mol. The Bertz CT molecular complexity index is 463. The van der Waals surface area contributed by atoms with Gasteiger partial charge in [0.05, 0.1) is 0 Å². The van der Waals surface area contributed by atoms with E-state index in [9.17, 15) is 0 Å². The van der Waals surface area contributed by atoms with Crippen molar-refractivity contribution < 1.29 is 4.74 Å². The molecule has 1 heterocycles. The number of rotatable bonds is 3. The number of hydrogen-bond acceptors (Lipinski definition) is 4. The van der Waals surface area contributed by atoms with Crippen molar-refractivity contribution in [3.05, 3.63) is 35.9 Å². The van der Waals surface area contributed by atoms with Crippen LogP contribution in [0.2, 0.25) is 0 Å². The summed E-state index contributed by atoms with van der Waals surface area (Å²) in [6.45, 7) is 3.76. The normalized spacial score (nSPS) is 12.4. The molecule has 1 unspecified atom stereocenters. The number of nitrogens with one attached hydrogen (secondary N) is 1. The molecule has 0 spiro atoms. The van der Waals surface area contributed by atoms with Gasteiger partial charge in [-0.05, 0) is 38.1 Å². The fourth-order valence-corrected chi connectivity index (χ4v) is 1.35. The van der Waals surface area contributed by atoms with Gasteiger partial charge in [-0.2, -0.15) is 5.10 Å². The lowest BCUT2D eigenvalue weighted by Crippen LogP contribution is -2.05. The fraction of sp³-hybridized carbons (Fsp3) is 0.273. The summed E-state index contributed by atoms with van der Waals surface area (Å²) in [6.07, 6.45) is -0.187. The summed E-state index contributed by atoms with van der Waals surface area (Å²) >= 11 is 0. The van der Waals surface area contributed by atoms with E-state index < -0.39 is 0 Å². The summed E-state index contributed by atoms with van der Waals surface area (Å²) in [5, 5.41) is 6.83. The number of hydrogen-bond donors (Lipinski definition) is 2. The number of ether oxygens (including phenoxy) is 1. The lowest BCUT2D eigenvalue weighted by molar-refractivity contribution is 0.217. The van der Waals surface area contributed by atoms with Crippen molar-refractivity contribution in [2.24, 2.45) is 0 Å². The number of nitrogen functional groups attached to an aromatic ring is 1. The highest BCUT2D eigenvalue weighted by Crippen LogP contribution is 2.20. The summed E-state index contributed by atoms with van der Waals surface area (Å²) in [5.74, 6) is 2.18. The molecule has 0 aliphatic rings. The van der Waals surface area contributed by atoms with Crippen LogP contribution in [0, 0.1) is 6.92 Å². The standard InChI is InChI=1S/C11H14N4O/c1-7(11-13-8(2)14-15-11)16-10-5-3-9(12)4-6-10/h3-7H,12H2,1-2H3,(H,13,14,15). The van der Waals surface area contributed by atoms with Gasteiger partial charge in [0.2, 0.25) is 0 Å². The predicted molar refractivity (Wildman–Crippen MR) is 61.0 cm³/mol. The summed E-state index contributed by atoms with van der Waals surface area (Å²) in [4.78, 5) is 4.21. The zero-order valence-corrected chi connectivity index (χ0v) is 9.27. The number of anilines is 1. The summed E-state index contributed by atoms with van der Waals surface area (Å²) in [7, 11) is 0. The molecule has 0 fully saturated rings. The number of H-pyrrole nitrogens is 1. The molecule has 2 rings (SSSR count). The number of benzene rings is 1. The van der Waals surface area contributed by atoms with Crippen molar-refractivity contribution in [2.75, 3.05) is 5.73 Å². The third-order valence-electron chi connectivity index (χ3n) is 2.17. The van der Waals surface area contributed by atoms with Crippen molar-refractivity contribution >= 4 is 5.69 Å². The minimum atomic E-state index is -0.187. The Morgan fingerprint density at radius 2 is 2.00 bits per heavy atom. The summed E-state index contributed by atoms with van der Waals surface area (Å²) in [5.41, 5.74) is 6.30. The molecule has 0 radical (unpaired) electrons. The van der Waals surface area contributed by atoms with Crippen LogP contribution in [0.1, 0.15) is 24.7 Å². The molecule has 1 aromatic heterocycles. The van der Waals surface area contributed by atoms with Crippen molar-refractivity contribution in [1.82, 2.24) is 15.2 Å². The first-order chi connectivity index (χ1) is 7.65. The van der Waals surface area contributed by atoms with Gasteiger partial charge in [-0.15, -0.1) is 0 Å². The van der Waals surface area contributed by atoms with Gasteiger partial charge >= 0.3 is 0 Å². The van der Waals surface area contributed by atoms with E-state index >= 15 is 0 Å². The number of aromatic nitrogens is 3. The highest BCUT2D eigenvalue weighted by Gasteiger charge is 2.11. The van der Waals surface area contributed by atoms with Gasteiger partial charge in [-0.1, -0.05) is 0 Å². The maximum absolute atomic E-state index is 5.67. The quantitative estimate of drug-likeness (QED) is 0.770. The molecule has 0 amide bonds. The van der Waals surface area contributed by atoms with E-state index in [1.807, 2.05) is 26.0 Å². The van der Waals surface area contributed by atoms with E-state index in [2.05, 4.69) is 15.2 Å². The molecule has 0 saturated carbocycles. The second kappa shape index (κ2) is 4.22. The predicted octanol–water partition coefficient (Wildman–Crippen LogP) is 1.84. The molecule has 2 aromatic rings. The maximum atomic E-state index is 5.67. The molecule has 3 N–H and O–H groups in total. The van der Waals surface area contributed by atoms with Crippen molar-refractivity contribution in [1.29, 1.82) is 0 Å². The second-order valence-corrected chi connectivity index (χ2v) is 3.61. The van der Waals surface area contributed by atoms with E-state index in [4.69, 9.17) is 10.5 Å². The lowest BCUT2D eigenvalue weighted by Gasteiger charge is -2.11. The van der Waals surface area contributed by atoms with E-state index in [1.54, 1.807) is 12.1 Å². The van der Waals surface area contributed by atoms with E-state index in [0.717, 1.165) is 11.6 Å². The molecule has 0 aliphatic heterocycles. The molecule has 1 aromatic carbocycles. The van der Waals surface area contributed by atoms with Gasteiger partial charge in [0.15, 0.2) is 11.9 Å². The second-order valence-electron chi connectivity index (χ2n) is 3.61. The van der Waals surface area contributed by atoms with Crippen LogP contribution >= 0.6 is 0 Å². The molecule has 0 saturated heterocycles. The largest absolute Gasteiger partial charge is 0.483 e. The highest BCUT2D eigenvalue weighted by molar-refractivity contribution is 5.41. The van der Waals surface area contributed by atoms with Crippen molar-refractivity contribution in [3.63, 3.8) is 0 Å². The van der Waals surface area contributed by atoms with Gasteiger partial charge < -0.3 is 10.5 Å². The number of aromatic amines is 1. The fourth-order valence-electron chi connectivity index (χ4n) is 1.35. The van der Waals surface area contributed by atoms with Gasteiger partial charge in [0.25, 0.3) is 0 Å². The molecule has 5 nitrogen and oxygen atoms in total. The first-order valence-corrected chi connectivity index (χ1v) is 5.06. The zero-order chi connectivity index (χ0) is 11.5. The van der Waals surface area contributed by atoms with Gasteiger partial charge in [0, 0.05) is 5.69 Å². The van der Waals surface area contributed by atoms with Crippen molar-refractivity contribution in [3.8, 4) is 5.75 Å². The Labute approximate surface area is 93.7 Å². The van der Waals surface area contributed by atoms with Crippen LogP contribution in [0.4, 0.5) is 5.69 Å². The van der Waals surface area contributed by atoms with Crippen LogP contribution < -0.4 is 10.5 Å². The van der Waals surface area contributed by atoms with Crippen LogP contribution in [0.25, 0.3) is 0 Å². The molecule has 0 aliphatic carbocycles. The average molecular weight is 218 g/mol. The zero-order valence-electron chi connectivity index (χ0n) is 9.27. The van der Waals surface area contributed by atoms with Crippen molar-refractivity contribution in [2.45, 2.75) is 20.0 Å². The monoisotopic (exact) mass is 218 g/mol. The van der Waals surface area contributed by atoms with Crippen LogP contribution in [0.3, 0.4) is 0 Å². The van der Waals surface area contributed by atoms with Gasteiger partial charge in [-0.3, -0.25) is 5.10 Å². The van der Waals surface area contributed by atoms with E-state index in [1.165, 1.54) is 0 Å². The maximum Gasteiger partial charge on any atom is 0.191 e. The molecular formula is C11H14N4O. The Morgan fingerprint density at radius 3 is 2.56 bits per heavy atom. The molecule has 5 heteroatoms. The van der Waals surface area contributed by atoms with Crippen LogP contribution in [-0.4, -0.2) is 15.2 Å². The Balaban J connectivity index is 2.07. The molecule has 0 bridgehead atoms. The van der Waals surface area contributed by atoms with Gasteiger partial charge in [0.1, 0.15) is 11.6 Å². The van der Waals surface area contributed by atoms with Crippen LogP contribution in [0.5, 0.6) is 5.75 Å². The highest BCUT2D eigenvalue weighted by atomic mass is 16.5. The Kier molecular flexibility index (Phi) is 2.76. The third kappa shape index (κ3) is 2.31. The summed E-state index contributed by atoms with van der Waals surface area (Å²) in [6, 6.07) is 7.24. The Morgan fingerprint density at radius 1 is 1.31 bits per heavy atom. The number of nitrogens with two attached hydrogens (primary N) is 1.